The van der Waals surface area contributed by atoms with Gasteiger partial charge >= 0.3 is 0 Å². The summed E-state index contributed by atoms with van der Waals surface area (Å²) in [4.78, 5) is 8.86. The molecule has 3 aromatic rings. The quantitative estimate of drug-likeness (QED) is 0.798. The van der Waals surface area contributed by atoms with E-state index in [1.54, 1.807) is 12.4 Å². The number of nitrogens with two attached hydrogens (primary N) is 1. The van der Waals surface area contributed by atoms with Crippen molar-refractivity contribution >= 4 is 11.0 Å². The smallest absolute Gasteiger partial charge is 0.127 e. The summed E-state index contributed by atoms with van der Waals surface area (Å²) in [5.74, 6) is 0.928. The fraction of sp³-hybridized carbons (Fsp3) is 0.294. The summed E-state index contributed by atoms with van der Waals surface area (Å²) in [5, 5.41) is 0. The minimum absolute atomic E-state index is 0.123. The molecule has 0 saturated carbocycles. The highest BCUT2D eigenvalue weighted by atomic mass is 15.1. The van der Waals surface area contributed by atoms with Gasteiger partial charge in [0.15, 0.2) is 0 Å². The van der Waals surface area contributed by atoms with Gasteiger partial charge in [-0.2, -0.15) is 0 Å². The van der Waals surface area contributed by atoms with E-state index in [2.05, 4.69) is 35.5 Å². The van der Waals surface area contributed by atoms with Crippen LogP contribution in [0.2, 0.25) is 0 Å². The molecule has 0 bridgehead atoms. The summed E-state index contributed by atoms with van der Waals surface area (Å²) >= 11 is 0. The molecular formula is C17H20N4. The van der Waals surface area contributed by atoms with Crippen LogP contribution in [0.3, 0.4) is 0 Å². The maximum atomic E-state index is 6.43. The van der Waals surface area contributed by atoms with Crippen LogP contribution in [0.5, 0.6) is 0 Å². The summed E-state index contributed by atoms with van der Waals surface area (Å²) in [7, 11) is 0. The lowest BCUT2D eigenvalue weighted by molar-refractivity contribution is 0.540. The van der Waals surface area contributed by atoms with E-state index in [-0.39, 0.29) is 6.04 Å². The Bertz CT molecular complexity index is 731. The first-order chi connectivity index (χ1) is 10.2. The van der Waals surface area contributed by atoms with E-state index < -0.39 is 0 Å². The molecule has 0 radical (unpaired) electrons. The van der Waals surface area contributed by atoms with Gasteiger partial charge in [0.25, 0.3) is 0 Å². The first-order valence-electron chi connectivity index (χ1n) is 7.28. The van der Waals surface area contributed by atoms with E-state index in [1.165, 1.54) is 5.56 Å². The molecule has 4 nitrogen and oxygen atoms in total. The number of aromatic nitrogens is 3. The molecular weight excluding hydrogens is 260 g/mol. The number of rotatable bonds is 4. The van der Waals surface area contributed by atoms with E-state index in [0.29, 0.717) is 6.04 Å². The highest BCUT2D eigenvalue weighted by Crippen LogP contribution is 2.25. The third kappa shape index (κ3) is 2.67. The zero-order valence-corrected chi connectivity index (χ0v) is 12.4. The molecule has 0 aliphatic rings. The summed E-state index contributed by atoms with van der Waals surface area (Å²) in [6, 6.07) is 12.5. The fourth-order valence-corrected chi connectivity index (χ4v) is 2.73. The maximum Gasteiger partial charge on any atom is 0.127 e. The molecule has 0 saturated heterocycles. The van der Waals surface area contributed by atoms with E-state index in [1.807, 2.05) is 24.3 Å². The van der Waals surface area contributed by atoms with Crippen molar-refractivity contribution < 1.29 is 0 Å². The SMILES string of the molecule is CC(C)n1c(C(N)Cc2ccccc2)nc2cnccc21. The van der Waals surface area contributed by atoms with Crippen molar-refractivity contribution in [2.45, 2.75) is 32.4 Å². The molecule has 2 N–H and O–H groups in total. The number of hydrogen-bond donors (Lipinski definition) is 1. The molecule has 4 heteroatoms. The number of nitrogens with zero attached hydrogens (tertiary/aromatic N) is 3. The van der Waals surface area contributed by atoms with Gasteiger partial charge in [-0.3, -0.25) is 4.98 Å². The number of benzene rings is 1. The largest absolute Gasteiger partial charge is 0.324 e. The number of pyridine rings is 1. The van der Waals surface area contributed by atoms with Gasteiger partial charge in [0, 0.05) is 12.2 Å². The zero-order chi connectivity index (χ0) is 14.8. The summed E-state index contributed by atoms with van der Waals surface area (Å²) < 4.78 is 2.21. The Balaban J connectivity index is 2.01. The topological polar surface area (TPSA) is 56.7 Å². The van der Waals surface area contributed by atoms with E-state index in [4.69, 9.17) is 10.7 Å². The van der Waals surface area contributed by atoms with Crippen LogP contribution >= 0.6 is 0 Å². The first kappa shape index (κ1) is 13.8. The van der Waals surface area contributed by atoms with Gasteiger partial charge in [-0.1, -0.05) is 30.3 Å². The van der Waals surface area contributed by atoms with Crippen LogP contribution < -0.4 is 5.73 Å². The van der Waals surface area contributed by atoms with Crippen LogP contribution in [0.25, 0.3) is 11.0 Å². The van der Waals surface area contributed by atoms with Gasteiger partial charge in [0.2, 0.25) is 0 Å². The van der Waals surface area contributed by atoms with Crippen LogP contribution in [0, 0.1) is 0 Å². The molecule has 0 aliphatic carbocycles. The van der Waals surface area contributed by atoms with Gasteiger partial charge in [-0.05, 0) is 31.9 Å². The number of fused-ring (bicyclic) bond motifs is 1. The number of imidazole rings is 1. The Kier molecular flexibility index (Phi) is 3.71. The van der Waals surface area contributed by atoms with Crippen LogP contribution in [0.4, 0.5) is 0 Å². The van der Waals surface area contributed by atoms with Crippen molar-refractivity contribution in [3.05, 3.63) is 60.2 Å². The van der Waals surface area contributed by atoms with Crippen molar-refractivity contribution in [3.8, 4) is 0 Å². The lowest BCUT2D eigenvalue weighted by Gasteiger charge is -2.17. The molecule has 0 spiro atoms. The Morgan fingerprint density at radius 2 is 1.90 bits per heavy atom. The third-order valence-corrected chi connectivity index (χ3v) is 3.67. The van der Waals surface area contributed by atoms with E-state index in [0.717, 1.165) is 23.3 Å². The van der Waals surface area contributed by atoms with Crippen LogP contribution in [0.15, 0.2) is 48.8 Å². The van der Waals surface area contributed by atoms with Gasteiger partial charge in [0.05, 0.1) is 17.8 Å². The van der Waals surface area contributed by atoms with Crippen molar-refractivity contribution in [1.82, 2.24) is 14.5 Å². The molecule has 3 rings (SSSR count). The molecule has 0 amide bonds. The van der Waals surface area contributed by atoms with E-state index in [9.17, 15) is 0 Å². The molecule has 2 aromatic heterocycles. The van der Waals surface area contributed by atoms with E-state index >= 15 is 0 Å². The van der Waals surface area contributed by atoms with Crippen LogP contribution in [0.1, 0.15) is 37.3 Å². The predicted molar refractivity (Wildman–Crippen MR) is 85.0 cm³/mol. The van der Waals surface area contributed by atoms with Crippen molar-refractivity contribution in [1.29, 1.82) is 0 Å². The minimum Gasteiger partial charge on any atom is -0.324 e. The average Bonchev–Trinajstić information content (AvgIpc) is 2.88. The Morgan fingerprint density at radius 3 is 2.62 bits per heavy atom. The second-order valence-corrected chi connectivity index (χ2v) is 5.59. The maximum absolute atomic E-state index is 6.43. The fourth-order valence-electron chi connectivity index (χ4n) is 2.73. The Morgan fingerprint density at radius 1 is 1.14 bits per heavy atom. The summed E-state index contributed by atoms with van der Waals surface area (Å²) in [5.41, 5.74) is 9.66. The lowest BCUT2D eigenvalue weighted by atomic mass is 10.1. The minimum atomic E-state index is -0.123. The van der Waals surface area contributed by atoms with Gasteiger partial charge in [0.1, 0.15) is 11.3 Å². The summed E-state index contributed by atoms with van der Waals surface area (Å²) in [6.45, 7) is 4.31. The zero-order valence-electron chi connectivity index (χ0n) is 12.4. The highest BCUT2D eigenvalue weighted by Gasteiger charge is 2.19. The van der Waals surface area contributed by atoms with Crippen LogP contribution in [-0.4, -0.2) is 14.5 Å². The normalized spacial score (nSPS) is 13.0. The first-order valence-corrected chi connectivity index (χ1v) is 7.28. The van der Waals surface area contributed by atoms with Gasteiger partial charge in [-0.25, -0.2) is 4.98 Å². The molecule has 1 unspecified atom stereocenters. The summed E-state index contributed by atoms with van der Waals surface area (Å²) in [6.07, 6.45) is 4.38. The van der Waals surface area contributed by atoms with Crippen molar-refractivity contribution in [2.75, 3.05) is 0 Å². The molecule has 2 heterocycles. The molecule has 1 aromatic carbocycles. The molecule has 1 atom stereocenters. The van der Waals surface area contributed by atoms with Crippen molar-refractivity contribution in [3.63, 3.8) is 0 Å². The second kappa shape index (κ2) is 5.66. The Hall–Kier alpha value is -2.20. The van der Waals surface area contributed by atoms with Crippen molar-refractivity contribution in [2.24, 2.45) is 5.73 Å². The van der Waals surface area contributed by atoms with Gasteiger partial charge < -0.3 is 10.3 Å². The second-order valence-electron chi connectivity index (χ2n) is 5.59. The third-order valence-electron chi connectivity index (χ3n) is 3.67. The van der Waals surface area contributed by atoms with Crippen LogP contribution in [-0.2, 0) is 6.42 Å². The molecule has 108 valence electrons. The molecule has 0 aliphatic heterocycles. The lowest BCUT2D eigenvalue weighted by Crippen LogP contribution is -2.20. The monoisotopic (exact) mass is 280 g/mol. The Labute approximate surface area is 124 Å². The predicted octanol–water partition coefficient (Wildman–Crippen LogP) is 3.25. The average molecular weight is 280 g/mol. The number of hydrogen-bond acceptors (Lipinski definition) is 3. The standard InChI is InChI=1S/C17H20N4/c1-12(2)21-16-8-9-19-11-15(16)20-17(21)14(18)10-13-6-4-3-5-7-13/h3-9,11-12,14H,10,18H2,1-2H3. The van der Waals surface area contributed by atoms with Gasteiger partial charge in [-0.15, -0.1) is 0 Å². The molecule has 21 heavy (non-hydrogen) atoms. The molecule has 0 fully saturated rings. The highest BCUT2D eigenvalue weighted by molar-refractivity contribution is 5.75.